The fraction of sp³-hybridized carbons (Fsp3) is 0.143. The van der Waals surface area contributed by atoms with Gasteiger partial charge >= 0.3 is 0 Å². The number of carbonyl (C=O) groups is 3. The highest BCUT2D eigenvalue weighted by Crippen LogP contribution is 2.21. The molecular weight excluding hydrogens is 496 g/mol. The topological polar surface area (TPSA) is 150 Å². The molecule has 0 saturated carbocycles. The fourth-order valence-electron chi connectivity index (χ4n) is 3.64. The molecule has 0 fully saturated rings. The third-order valence-corrected chi connectivity index (χ3v) is 5.24. The van der Waals surface area contributed by atoms with Crippen molar-refractivity contribution in [3.8, 4) is 0 Å². The van der Waals surface area contributed by atoms with Gasteiger partial charge in [0.2, 0.25) is 29.6 Å². The van der Waals surface area contributed by atoms with Crippen molar-refractivity contribution in [2.45, 2.75) is 27.2 Å². The number of rotatable bonds is 9. The van der Waals surface area contributed by atoms with E-state index in [0.29, 0.717) is 41.2 Å². The van der Waals surface area contributed by atoms with Gasteiger partial charge in [-0.25, -0.2) is 0 Å². The maximum absolute atomic E-state index is 11.3. The zero-order chi connectivity index (χ0) is 27.8. The Kier molecular flexibility index (Phi) is 8.42. The summed E-state index contributed by atoms with van der Waals surface area (Å²) in [5.41, 5.74) is 4.47. The highest BCUT2D eigenvalue weighted by molar-refractivity contribution is 5.89. The Morgan fingerprint density at radius 3 is 1.21 bits per heavy atom. The van der Waals surface area contributed by atoms with Gasteiger partial charge in [0.1, 0.15) is 5.82 Å². The number of hydrogen-bond donors (Lipinski definition) is 5. The highest BCUT2D eigenvalue weighted by atomic mass is 16.2. The number of nitrogens with one attached hydrogen (secondary N) is 5. The van der Waals surface area contributed by atoms with Crippen LogP contribution in [0.5, 0.6) is 0 Å². The van der Waals surface area contributed by atoms with Gasteiger partial charge < -0.3 is 26.6 Å². The van der Waals surface area contributed by atoms with Crippen molar-refractivity contribution in [1.29, 1.82) is 0 Å². The van der Waals surface area contributed by atoms with E-state index in [4.69, 9.17) is 0 Å². The molecule has 3 aromatic carbocycles. The lowest BCUT2D eigenvalue weighted by Gasteiger charge is -2.12. The minimum absolute atomic E-state index is 0.137. The van der Waals surface area contributed by atoms with Gasteiger partial charge in [-0.3, -0.25) is 14.4 Å². The number of amides is 3. The molecule has 0 aliphatic rings. The summed E-state index contributed by atoms with van der Waals surface area (Å²) >= 11 is 0. The molecule has 1 heterocycles. The van der Waals surface area contributed by atoms with E-state index < -0.39 is 0 Å². The molecule has 0 aliphatic carbocycles. The summed E-state index contributed by atoms with van der Waals surface area (Å²) in [5, 5.41) is 14.6. The first-order valence-electron chi connectivity index (χ1n) is 12.1. The average Bonchev–Trinajstić information content (AvgIpc) is 2.87. The van der Waals surface area contributed by atoms with Gasteiger partial charge in [0.15, 0.2) is 0 Å². The van der Waals surface area contributed by atoms with E-state index in [1.807, 2.05) is 48.5 Å². The molecule has 0 saturated heterocycles. The predicted molar refractivity (Wildman–Crippen MR) is 151 cm³/mol. The summed E-state index contributed by atoms with van der Waals surface area (Å²) in [5.74, 6) is 0.750. The molecule has 5 N–H and O–H groups in total. The van der Waals surface area contributed by atoms with Crippen molar-refractivity contribution >= 4 is 58.1 Å². The maximum atomic E-state index is 11.3. The second kappa shape index (κ2) is 12.3. The van der Waals surface area contributed by atoms with Gasteiger partial charge in [-0.2, -0.15) is 15.0 Å². The maximum Gasteiger partial charge on any atom is 0.232 e. The van der Waals surface area contributed by atoms with Crippen LogP contribution in [0.2, 0.25) is 0 Å². The van der Waals surface area contributed by atoms with Crippen LogP contribution in [0.1, 0.15) is 32.2 Å². The van der Waals surface area contributed by atoms with Crippen LogP contribution in [0.4, 0.5) is 40.3 Å². The van der Waals surface area contributed by atoms with Crippen molar-refractivity contribution in [1.82, 2.24) is 15.0 Å². The van der Waals surface area contributed by atoms with Crippen LogP contribution in [-0.4, -0.2) is 32.7 Å². The summed E-state index contributed by atoms with van der Waals surface area (Å²) in [6, 6.07) is 21.8. The van der Waals surface area contributed by atoms with Crippen molar-refractivity contribution in [3.05, 3.63) is 84.2 Å². The van der Waals surface area contributed by atoms with Crippen molar-refractivity contribution < 1.29 is 14.4 Å². The summed E-state index contributed by atoms with van der Waals surface area (Å²) in [4.78, 5) is 47.6. The minimum atomic E-state index is -0.149. The first-order chi connectivity index (χ1) is 18.7. The summed E-state index contributed by atoms with van der Waals surface area (Å²) < 4.78 is 0. The van der Waals surface area contributed by atoms with Crippen molar-refractivity contribution in [2.75, 3.05) is 26.6 Å². The first kappa shape index (κ1) is 26.7. The van der Waals surface area contributed by atoms with Gasteiger partial charge in [0, 0.05) is 55.6 Å². The molecule has 0 aliphatic heterocycles. The van der Waals surface area contributed by atoms with Crippen molar-refractivity contribution in [3.63, 3.8) is 0 Å². The third kappa shape index (κ3) is 8.35. The number of benzene rings is 3. The molecular formula is C28H28N8O3. The standard InChI is InChI=1S/C28H28N8O3/c1-17(37)29-21-6-4-20(5-7-21)16-26-34-27(32-24-12-8-22(9-13-24)30-18(2)38)36-28(35-26)33-25-14-10-23(11-15-25)31-19(3)39/h4-15H,16H2,1-3H3,(H,29,37)(H,30,38)(H,31,39)(H2,32,33,34,35,36). The van der Waals surface area contributed by atoms with E-state index in [0.717, 1.165) is 16.9 Å². The fourth-order valence-corrected chi connectivity index (χ4v) is 3.64. The second-order valence-electron chi connectivity index (χ2n) is 8.72. The number of hydrogen-bond acceptors (Lipinski definition) is 8. The van der Waals surface area contributed by atoms with Gasteiger partial charge in [-0.1, -0.05) is 12.1 Å². The number of aromatic nitrogens is 3. The summed E-state index contributed by atoms with van der Waals surface area (Å²) in [6.07, 6.45) is 0.426. The normalized spacial score (nSPS) is 10.3. The smallest absolute Gasteiger partial charge is 0.232 e. The van der Waals surface area contributed by atoms with E-state index in [1.54, 1.807) is 24.3 Å². The monoisotopic (exact) mass is 524 g/mol. The summed E-state index contributed by atoms with van der Waals surface area (Å²) in [6.45, 7) is 4.37. The predicted octanol–water partition coefficient (Wildman–Crippen LogP) is 4.82. The molecule has 0 unspecified atom stereocenters. The Hall–Kier alpha value is -5.32. The molecule has 3 amide bonds. The minimum Gasteiger partial charge on any atom is -0.326 e. The van der Waals surface area contributed by atoms with Gasteiger partial charge in [-0.15, -0.1) is 0 Å². The molecule has 0 bridgehead atoms. The Morgan fingerprint density at radius 1 is 0.513 bits per heavy atom. The molecule has 0 radical (unpaired) electrons. The Bertz CT molecular complexity index is 1280. The molecule has 11 heteroatoms. The lowest BCUT2D eigenvalue weighted by molar-refractivity contribution is -0.115. The molecule has 198 valence electrons. The van der Waals surface area contributed by atoms with Crippen LogP contribution < -0.4 is 26.6 Å². The first-order valence-corrected chi connectivity index (χ1v) is 12.1. The summed E-state index contributed by atoms with van der Waals surface area (Å²) in [7, 11) is 0. The van der Waals surface area contributed by atoms with E-state index in [2.05, 4.69) is 41.5 Å². The highest BCUT2D eigenvalue weighted by Gasteiger charge is 2.10. The van der Waals surface area contributed by atoms with E-state index in [-0.39, 0.29) is 17.7 Å². The van der Waals surface area contributed by atoms with Gasteiger partial charge in [0.25, 0.3) is 0 Å². The number of anilines is 7. The molecule has 4 aromatic rings. The molecule has 1 aromatic heterocycles. The largest absolute Gasteiger partial charge is 0.326 e. The number of nitrogens with zero attached hydrogens (tertiary/aromatic N) is 3. The molecule has 0 atom stereocenters. The van der Waals surface area contributed by atoms with Crippen LogP contribution in [0.25, 0.3) is 0 Å². The SMILES string of the molecule is CC(=O)Nc1ccc(Cc2nc(Nc3ccc(NC(C)=O)cc3)nc(Nc3ccc(NC(C)=O)cc3)n2)cc1. The molecule has 39 heavy (non-hydrogen) atoms. The van der Waals surface area contributed by atoms with Crippen LogP contribution in [0, 0.1) is 0 Å². The van der Waals surface area contributed by atoms with E-state index in [1.165, 1.54) is 20.8 Å². The van der Waals surface area contributed by atoms with Crippen LogP contribution in [0.3, 0.4) is 0 Å². The zero-order valence-corrected chi connectivity index (χ0v) is 21.7. The zero-order valence-electron chi connectivity index (χ0n) is 21.7. The van der Waals surface area contributed by atoms with Crippen LogP contribution in [-0.2, 0) is 20.8 Å². The second-order valence-corrected chi connectivity index (χ2v) is 8.72. The molecule has 4 rings (SSSR count). The quantitative estimate of drug-likeness (QED) is 0.209. The Labute approximate surface area is 225 Å². The number of carbonyl (C=O) groups excluding carboxylic acids is 3. The van der Waals surface area contributed by atoms with Crippen LogP contribution in [0.15, 0.2) is 72.8 Å². The van der Waals surface area contributed by atoms with Gasteiger partial charge in [-0.05, 0) is 66.2 Å². The Balaban J connectivity index is 1.57. The molecule has 11 nitrogen and oxygen atoms in total. The Morgan fingerprint density at radius 2 is 0.846 bits per heavy atom. The lowest BCUT2D eigenvalue weighted by atomic mass is 10.1. The van der Waals surface area contributed by atoms with E-state index >= 15 is 0 Å². The average molecular weight is 525 g/mol. The van der Waals surface area contributed by atoms with E-state index in [9.17, 15) is 14.4 Å². The third-order valence-electron chi connectivity index (χ3n) is 5.24. The van der Waals surface area contributed by atoms with Crippen molar-refractivity contribution in [2.24, 2.45) is 0 Å². The van der Waals surface area contributed by atoms with Crippen LogP contribution >= 0.6 is 0 Å². The molecule has 0 spiro atoms. The lowest BCUT2D eigenvalue weighted by Crippen LogP contribution is -2.09. The van der Waals surface area contributed by atoms with Gasteiger partial charge in [0.05, 0.1) is 0 Å².